The molecule has 44 heavy (non-hydrogen) atoms. The first-order chi connectivity index (χ1) is 21.2. The van der Waals surface area contributed by atoms with Crippen molar-refractivity contribution in [3.05, 3.63) is 95.6 Å². The molecular formula is C35H45N3O5S. The summed E-state index contributed by atoms with van der Waals surface area (Å²) in [6.07, 6.45) is 5.96. The summed E-state index contributed by atoms with van der Waals surface area (Å²) in [6, 6.07) is 24.2. The van der Waals surface area contributed by atoms with E-state index in [9.17, 15) is 18.0 Å². The van der Waals surface area contributed by atoms with Crippen LogP contribution in [-0.2, 0) is 32.6 Å². The number of anilines is 1. The number of carbonyl (C=O) groups is 2. The molecule has 3 aromatic carbocycles. The number of nitrogens with one attached hydrogen (secondary N) is 1. The first kappa shape index (κ1) is 33.1. The number of hydrogen-bond acceptors (Lipinski definition) is 5. The van der Waals surface area contributed by atoms with E-state index in [2.05, 4.69) is 5.32 Å². The maximum Gasteiger partial charge on any atom is 0.243 e. The van der Waals surface area contributed by atoms with Gasteiger partial charge in [-0.15, -0.1) is 0 Å². The number of para-hydroxylation sites is 2. The predicted molar refractivity (Wildman–Crippen MR) is 175 cm³/mol. The molecule has 0 saturated heterocycles. The van der Waals surface area contributed by atoms with Gasteiger partial charge in [0.05, 0.1) is 18.6 Å². The third-order valence-corrected chi connectivity index (χ3v) is 9.21. The zero-order valence-corrected chi connectivity index (χ0v) is 26.9. The Bertz CT molecular complexity index is 1470. The first-order valence-electron chi connectivity index (χ1n) is 15.5. The number of ether oxygens (including phenoxy) is 1. The molecule has 1 fully saturated rings. The van der Waals surface area contributed by atoms with Gasteiger partial charge in [0, 0.05) is 32.0 Å². The smallest absolute Gasteiger partial charge is 0.243 e. The van der Waals surface area contributed by atoms with Gasteiger partial charge in [-0.2, -0.15) is 0 Å². The Morgan fingerprint density at radius 1 is 0.932 bits per heavy atom. The molecular weight excluding hydrogens is 574 g/mol. The summed E-state index contributed by atoms with van der Waals surface area (Å²) in [6.45, 7) is 4.63. The first-order valence-corrected chi connectivity index (χ1v) is 17.4. The minimum Gasteiger partial charge on any atom is -0.492 e. The second-order valence-corrected chi connectivity index (χ2v) is 13.4. The Morgan fingerprint density at radius 2 is 1.59 bits per heavy atom. The zero-order chi connectivity index (χ0) is 31.5. The molecule has 1 aliphatic rings. The fourth-order valence-electron chi connectivity index (χ4n) is 5.73. The molecule has 1 unspecified atom stereocenters. The summed E-state index contributed by atoms with van der Waals surface area (Å²) >= 11 is 0. The number of sulfonamides is 1. The van der Waals surface area contributed by atoms with Gasteiger partial charge in [-0.05, 0) is 56.4 Å². The van der Waals surface area contributed by atoms with Crippen LogP contribution in [0.1, 0.15) is 62.1 Å². The van der Waals surface area contributed by atoms with Gasteiger partial charge in [-0.1, -0.05) is 85.1 Å². The van der Waals surface area contributed by atoms with Crippen LogP contribution < -0.4 is 14.4 Å². The maximum atomic E-state index is 14.1. The average Bonchev–Trinajstić information content (AvgIpc) is 3.51. The van der Waals surface area contributed by atoms with E-state index in [1.54, 1.807) is 29.2 Å². The van der Waals surface area contributed by atoms with E-state index >= 15 is 0 Å². The van der Waals surface area contributed by atoms with Gasteiger partial charge in [-0.3, -0.25) is 13.9 Å². The quantitative estimate of drug-likeness (QED) is 0.238. The van der Waals surface area contributed by atoms with Gasteiger partial charge in [0.25, 0.3) is 0 Å². The Balaban J connectivity index is 1.59. The predicted octanol–water partition coefficient (Wildman–Crippen LogP) is 5.64. The van der Waals surface area contributed by atoms with Gasteiger partial charge in [0.1, 0.15) is 11.8 Å². The molecule has 1 N–H and O–H groups in total. The molecule has 1 aliphatic carbocycles. The van der Waals surface area contributed by atoms with E-state index in [0.29, 0.717) is 24.5 Å². The summed E-state index contributed by atoms with van der Waals surface area (Å²) in [5.41, 5.74) is 3.45. The number of hydrogen-bond donors (Lipinski definition) is 1. The Kier molecular flexibility index (Phi) is 11.8. The third-order valence-electron chi connectivity index (χ3n) is 8.03. The van der Waals surface area contributed by atoms with Gasteiger partial charge in [0.15, 0.2) is 0 Å². The SMILES string of the molecule is CCOc1ccccc1N(CCCC(=O)N(Cc1ccc(C)cc1)C(Cc1ccccc1)C(=O)NC1CCCC1)S(C)(=O)=O. The third kappa shape index (κ3) is 9.32. The minimum absolute atomic E-state index is 0.0800. The second-order valence-electron chi connectivity index (χ2n) is 11.5. The molecule has 1 saturated carbocycles. The zero-order valence-electron chi connectivity index (χ0n) is 26.1. The second kappa shape index (κ2) is 15.7. The average molecular weight is 620 g/mol. The molecule has 9 heteroatoms. The van der Waals surface area contributed by atoms with Crippen LogP contribution in [0.2, 0.25) is 0 Å². The van der Waals surface area contributed by atoms with Gasteiger partial charge >= 0.3 is 0 Å². The summed E-state index contributed by atoms with van der Waals surface area (Å²) < 4.78 is 32.7. The summed E-state index contributed by atoms with van der Waals surface area (Å²) in [5.74, 6) is 0.128. The van der Waals surface area contributed by atoms with Crippen molar-refractivity contribution in [1.29, 1.82) is 0 Å². The van der Waals surface area contributed by atoms with Crippen LogP contribution in [0.25, 0.3) is 0 Å². The highest BCUT2D eigenvalue weighted by molar-refractivity contribution is 7.92. The van der Waals surface area contributed by atoms with Crippen molar-refractivity contribution < 1.29 is 22.7 Å². The maximum absolute atomic E-state index is 14.1. The highest BCUT2D eigenvalue weighted by Gasteiger charge is 2.32. The number of amides is 2. The molecule has 236 valence electrons. The van der Waals surface area contributed by atoms with Crippen molar-refractivity contribution in [2.24, 2.45) is 0 Å². The van der Waals surface area contributed by atoms with Gasteiger partial charge in [0.2, 0.25) is 21.8 Å². The summed E-state index contributed by atoms with van der Waals surface area (Å²) in [4.78, 5) is 29.6. The highest BCUT2D eigenvalue weighted by atomic mass is 32.2. The molecule has 0 bridgehead atoms. The molecule has 0 heterocycles. The standard InChI is InChI=1S/C35H45N3O5S/c1-4-43-33-18-11-10-17-31(33)38(44(3,41)42)24-12-19-34(39)37(26-29-22-20-27(2)21-23-29)32(25-28-13-6-5-7-14-28)35(40)36-30-15-8-9-16-30/h5-7,10-11,13-14,17-18,20-23,30,32H,4,8-9,12,15-16,19,24-26H2,1-3H3,(H,36,40). The Hall–Kier alpha value is -3.85. The Labute approximate surface area is 262 Å². The number of carbonyl (C=O) groups excluding carboxylic acids is 2. The fourth-order valence-corrected chi connectivity index (χ4v) is 6.70. The number of rotatable bonds is 15. The van der Waals surface area contributed by atoms with E-state index in [0.717, 1.165) is 48.6 Å². The van der Waals surface area contributed by atoms with E-state index in [1.165, 1.54) is 4.31 Å². The number of nitrogens with zero attached hydrogens (tertiary/aromatic N) is 2. The van der Waals surface area contributed by atoms with Crippen molar-refractivity contribution in [1.82, 2.24) is 10.2 Å². The van der Waals surface area contributed by atoms with Crippen molar-refractivity contribution in [2.75, 3.05) is 23.7 Å². The van der Waals surface area contributed by atoms with Crippen LogP contribution in [0.5, 0.6) is 5.75 Å². The van der Waals surface area contributed by atoms with Crippen molar-refractivity contribution in [3.8, 4) is 5.75 Å². The lowest BCUT2D eigenvalue weighted by molar-refractivity contribution is -0.141. The lowest BCUT2D eigenvalue weighted by atomic mass is 10.0. The van der Waals surface area contributed by atoms with Crippen molar-refractivity contribution in [2.45, 2.75) is 77.4 Å². The Morgan fingerprint density at radius 3 is 2.25 bits per heavy atom. The van der Waals surface area contributed by atoms with Gasteiger partial charge in [-0.25, -0.2) is 8.42 Å². The van der Waals surface area contributed by atoms with Crippen molar-refractivity contribution in [3.63, 3.8) is 0 Å². The molecule has 2 amide bonds. The molecule has 0 spiro atoms. The topological polar surface area (TPSA) is 96.0 Å². The minimum atomic E-state index is -3.65. The molecule has 4 rings (SSSR count). The summed E-state index contributed by atoms with van der Waals surface area (Å²) in [5, 5.41) is 3.23. The normalized spacial score (nSPS) is 14.2. The number of benzene rings is 3. The molecule has 0 aromatic heterocycles. The van der Waals surface area contributed by atoms with Gasteiger partial charge < -0.3 is 15.0 Å². The molecule has 3 aromatic rings. The van der Waals surface area contributed by atoms with Crippen LogP contribution in [0.4, 0.5) is 5.69 Å². The van der Waals surface area contributed by atoms with Crippen LogP contribution in [0, 0.1) is 6.92 Å². The fraction of sp³-hybridized carbons (Fsp3) is 0.429. The molecule has 1 atom stereocenters. The lowest BCUT2D eigenvalue weighted by Crippen LogP contribution is -2.52. The van der Waals surface area contributed by atoms with Crippen LogP contribution >= 0.6 is 0 Å². The molecule has 0 radical (unpaired) electrons. The van der Waals surface area contributed by atoms with Crippen molar-refractivity contribution >= 4 is 27.5 Å². The highest BCUT2D eigenvalue weighted by Crippen LogP contribution is 2.30. The van der Waals surface area contributed by atoms with E-state index in [-0.39, 0.29) is 43.8 Å². The number of aryl methyl sites for hydroxylation is 1. The largest absolute Gasteiger partial charge is 0.492 e. The van der Waals surface area contributed by atoms with E-state index < -0.39 is 16.1 Å². The molecule has 8 nitrogen and oxygen atoms in total. The van der Waals surface area contributed by atoms with Crippen LogP contribution in [0.3, 0.4) is 0 Å². The van der Waals surface area contributed by atoms with Crippen LogP contribution in [0.15, 0.2) is 78.9 Å². The molecule has 0 aliphatic heterocycles. The monoisotopic (exact) mass is 619 g/mol. The lowest BCUT2D eigenvalue weighted by Gasteiger charge is -2.33. The van der Waals surface area contributed by atoms with E-state index in [1.807, 2.05) is 68.4 Å². The van der Waals surface area contributed by atoms with Crippen LogP contribution in [-0.4, -0.2) is 56.6 Å². The summed E-state index contributed by atoms with van der Waals surface area (Å²) in [7, 11) is -3.65. The van der Waals surface area contributed by atoms with E-state index in [4.69, 9.17) is 4.74 Å².